The highest BCUT2D eigenvalue weighted by Crippen LogP contribution is 2.38. The van der Waals surface area contributed by atoms with E-state index in [0.29, 0.717) is 37.6 Å². The maximum atomic E-state index is 13.6. The van der Waals surface area contributed by atoms with Gasteiger partial charge in [-0.2, -0.15) is 13.2 Å². The van der Waals surface area contributed by atoms with Gasteiger partial charge in [0, 0.05) is 44.8 Å². The van der Waals surface area contributed by atoms with Crippen molar-refractivity contribution in [2.24, 2.45) is 5.92 Å². The van der Waals surface area contributed by atoms with Crippen molar-refractivity contribution in [1.82, 2.24) is 10.2 Å². The Morgan fingerprint density at radius 1 is 1.19 bits per heavy atom. The zero-order valence-corrected chi connectivity index (χ0v) is 18.1. The Balaban J connectivity index is 1.48. The molecule has 0 saturated carbocycles. The van der Waals surface area contributed by atoms with E-state index in [1.807, 2.05) is 13.8 Å². The van der Waals surface area contributed by atoms with Crippen LogP contribution in [-0.2, 0) is 33.4 Å². The molecule has 8 heteroatoms. The van der Waals surface area contributed by atoms with E-state index in [-0.39, 0.29) is 24.4 Å². The largest absolute Gasteiger partial charge is 0.416 e. The Morgan fingerprint density at radius 3 is 2.61 bits per heavy atom. The van der Waals surface area contributed by atoms with Gasteiger partial charge >= 0.3 is 6.18 Å². The number of amides is 1. The third-order valence-electron chi connectivity index (χ3n) is 6.91. The second-order valence-electron chi connectivity index (χ2n) is 9.27. The topological polar surface area (TPSA) is 50.8 Å². The molecule has 3 heterocycles. The Morgan fingerprint density at radius 2 is 1.94 bits per heavy atom. The molecule has 5 nitrogen and oxygen atoms in total. The molecule has 172 valence electrons. The summed E-state index contributed by atoms with van der Waals surface area (Å²) in [7, 11) is 0. The van der Waals surface area contributed by atoms with E-state index in [9.17, 15) is 18.0 Å². The molecule has 1 amide bonds. The molecule has 3 aliphatic heterocycles. The van der Waals surface area contributed by atoms with Crippen LogP contribution < -0.4 is 5.32 Å². The third-order valence-corrected chi connectivity index (χ3v) is 6.91. The van der Waals surface area contributed by atoms with E-state index >= 15 is 0 Å². The van der Waals surface area contributed by atoms with Crippen LogP contribution in [0.1, 0.15) is 49.8 Å². The summed E-state index contributed by atoms with van der Waals surface area (Å²) in [5.41, 5.74) is -0.163. The number of rotatable bonds is 4. The van der Waals surface area contributed by atoms with Crippen LogP contribution in [0.3, 0.4) is 0 Å². The summed E-state index contributed by atoms with van der Waals surface area (Å²) in [5, 5.41) is 3.62. The van der Waals surface area contributed by atoms with Crippen molar-refractivity contribution in [3.05, 3.63) is 34.9 Å². The van der Waals surface area contributed by atoms with Gasteiger partial charge in [0.1, 0.15) is 0 Å². The van der Waals surface area contributed by atoms with Crippen molar-refractivity contribution in [3.8, 4) is 0 Å². The van der Waals surface area contributed by atoms with E-state index in [1.54, 1.807) is 4.90 Å². The Kier molecular flexibility index (Phi) is 6.34. The van der Waals surface area contributed by atoms with Gasteiger partial charge in [0.25, 0.3) is 5.91 Å². The van der Waals surface area contributed by atoms with Gasteiger partial charge in [-0.25, -0.2) is 0 Å². The number of carbonyl (C=O) groups is 1. The molecule has 0 radical (unpaired) electrons. The van der Waals surface area contributed by atoms with Crippen molar-refractivity contribution in [3.63, 3.8) is 0 Å². The van der Waals surface area contributed by atoms with Crippen LogP contribution in [0, 0.1) is 5.92 Å². The Labute approximate surface area is 181 Å². The van der Waals surface area contributed by atoms with E-state index in [4.69, 9.17) is 9.47 Å². The van der Waals surface area contributed by atoms with Crippen molar-refractivity contribution in [2.45, 2.75) is 69.9 Å². The maximum Gasteiger partial charge on any atom is 0.416 e. The number of hydrogen-bond acceptors (Lipinski definition) is 4. The molecule has 0 bridgehead atoms. The molecule has 2 unspecified atom stereocenters. The molecule has 31 heavy (non-hydrogen) atoms. The average molecular weight is 441 g/mol. The quantitative estimate of drug-likeness (QED) is 0.778. The van der Waals surface area contributed by atoms with Crippen LogP contribution in [0.15, 0.2) is 18.2 Å². The number of fused-ring (bicyclic) bond motifs is 1. The minimum Gasteiger partial charge on any atom is -0.381 e. The fraction of sp³-hybridized carbons (Fsp3) is 0.696. The number of hydrogen-bond donors (Lipinski definition) is 1. The number of benzene rings is 1. The first-order valence-corrected chi connectivity index (χ1v) is 11.1. The number of nitrogens with zero attached hydrogens (tertiary/aromatic N) is 1. The monoisotopic (exact) mass is 440 g/mol. The Hall–Kier alpha value is -1.64. The molecule has 2 atom stereocenters. The first-order valence-electron chi connectivity index (χ1n) is 11.1. The lowest BCUT2D eigenvalue weighted by Gasteiger charge is -2.39. The van der Waals surface area contributed by atoms with Crippen LogP contribution in [0.4, 0.5) is 13.2 Å². The second kappa shape index (κ2) is 8.71. The zero-order chi connectivity index (χ0) is 22.2. The first kappa shape index (κ1) is 22.6. The van der Waals surface area contributed by atoms with Crippen LogP contribution >= 0.6 is 0 Å². The molecule has 1 aromatic rings. The van der Waals surface area contributed by atoms with Crippen molar-refractivity contribution >= 4 is 5.91 Å². The third kappa shape index (κ3) is 4.61. The fourth-order valence-electron chi connectivity index (χ4n) is 5.01. The summed E-state index contributed by atoms with van der Waals surface area (Å²) in [6.45, 7) is 6.59. The molecule has 4 rings (SSSR count). The Bertz CT molecular complexity index is 808. The summed E-state index contributed by atoms with van der Waals surface area (Å²) in [5.74, 6) is -0.147. The van der Waals surface area contributed by atoms with Gasteiger partial charge < -0.3 is 19.7 Å². The fourth-order valence-corrected chi connectivity index (χ4v) is 5.01. The second-order valence-corrected chi connectivity index (χ2v) is 9.27. The van der Waals surface area contributed by atoms with Crippen LogP contribution in [0.2, 0.25) is 0 Å². The number of nitrogens with one attached hydrogen (secondary N) is 1. The van der Waals surface area contributed by atoms with E-state index in [0.717, 1.165) is 37.7 Å². The highest BCUT2D eigenvalue weighted by molar-refractivity contribution is 5.86. The van der Waals surface area contributed by atoms with Gasteiger partial charge in [-0.3, -0.25) is 4.79 Å². The molecular weight excluding hydrogens is 409 g/mol. The lowest BCUT2D eigenvalue weighted by atomic mass is 9.83. The number of carbonyl (C=O) groups excluding carboxylic acids is 1. The van der Waals surface area contributed by atoms with Crippen molar-refractivity contribution < 1.29 is 27.4 Å². The highest BCUT2D eigenvalue weighted by atomic mass is 19.4. The molecule has 0 aromatic heterocycles. The number of halogens is 3. The normalized spacial score (nSPS) is 27.5. The SMILES string of the molecule is CC(C)C1(C(=O)N2CCc3ccc(C(F)(F)F)cc3C2)CC(NC2CCOCC2)CO1. The van der Waals surface area contributed by atoms with Gasteiger partial charge in [-0.05, 0) is 48.4 Å². The molecule has 1 aromatic carbocycles. The first-order chi connectivity index (χ1) is 14.7. The summed E-state index contributed by atoms with van der Waals surface area (Å²) < 4.78 is 51.0. The standard InChI is InChI=1S/C23H31F3N2O3/c1-15(2)22(12-20(14-31-22)27-19-6-9-30-10-7-19)21(29)28-8-5-16-3-4-18(23(24,25)26)11-17(16)13-28/h3-4,11,15,19-20,27H,5-10,12-14H2,1-2H3. The molecule has 2 saturated heterocycles. The summed E-state index contributed by atoms with van der Waals surface area (Å²) >= 11 is 0. The minimum atomic E-state index is -4.39. The van der Waals surface area contributed by atoms with Crippen LogP contribution in [-0.4, -0.2) is 54.9 Å². The van der Waals surface area contributed by atoms with E-state index < -0.39 is 17.3 Å². The summed E-state index contributed by atoms with van der Waals surface area (Å²) in [4.78, 5) is 15.3. The summed E-state index contributed by atoms with van der Waals surface area (Å²) in [6.07, 6.45) is -1.37. The van der Waals surface area contributed by atoms with Gasteiger partial charge in [-0.15, -0.1) is 0 Å². The van der Waals surface area contributed by atoms with Crippen LogP contribution in [0.25, 0.3) is 0 Å². The van der Waals surface area contributed by atoms with Crippen molar-refractivity contribution in [2.75, 3.05) is 26.4 Å². The zero-order valence-electron chi connectivity index (χ0n) is 18.1. The van der Waals surface area contributed by atoms with Crippen molar-refractivity contribution in [1.29, 1.82) is 0 Å². The molecule has 0 aliphatic carbocycles. The van der Waals surface area contributed by atoms with Gasteiger partial charge in [0.2, 0.25) is 0 Å². The number of alkyl halides is 3. The molecule has 0 spiro atoms. The smallest absolute Gasteiger partial charge is 0.381 e. The molecule has 2 fully saturated rings. The summed E-state index contributed by atoms with van der Waals surface area (Å²) in [6, 6.07) is 4.30. The number of ether oxygens (including phenoxy) is 2. The maximum absolute atomic E-state index is 13.6. The average Bonchev–Trinajstić information content (AvgIpc) is 3.17. The molecular formula is C23H31F3N2O3. The predicted octanol–water partition coefficient (Wildman–Crippen LogP) is 3.54. The van der Waals surface area contributed by atoms with Gasteiger partial charge in [0.15, 0.2) is 5.60 Å². The highest BCUT2D eigenvalue weighted by Gasteiger charge is 2.51. The van der Waals surface area contributed by atoms with Crippen LogP contribution in [0.5, 0.6) is 0 Å². The lowest BCUT2D eigenvalue weighted by Crippen LogP contribution is -2.54. The van der Waals surface area contributed by atoms with E-state index in [1.165, 1.54) is 12.1 Å². The molecule has 3 aliphatic rings. The predicted molar refractivity (Wildman–Crippen MR) is 109 cm³/mol. The van der Waals surface area contributed by atoms with E-state index in [2.05, 4.69) is 5.32 Å². The van der Waals surface area contributed by atoms with Gasteiger partial charge in [-0.1, -0.05) is 19.9 Å². The minimum absolute atomic E-state index is 0.0376. The lowest BCUT2D eigenvalue weighted by molar-refractivity contribution is -0.159. The molecule has 1 N–H and O–H groups in total. The van der Waals surface area contributed by atoms with Gasteiger partial charge in [0.05, 0.1) is 12.2 Å².